The lowest BCUT2D eigenvalue weighted by Gasteiger charge is -2.14. The van der Waals surface area contributed by atoms with Crippen LogP contribution in [0, 0.1) is 6.92 Å². The van der Waals surface area contributed by atoms with Crippen LogP contribution in [0.4, 0.5) is 0 Å². The molecule has 0 saturated carbocycles. The van der Waals surface area contributed by atoms with Gasteiger partial charge in [0.2, 0.25) is 0 Å². The zero-order chi connectivity index (χ0) is 21.3. The Hall–Kier alpha value is -3.68. The predicted molar refractivity (Wildman–Crippen MR) is 114 cm³/mol. The van der Waals surface area contributed by atoms with Gasteiger partial charge >= 0.3 is 0 Å². The number of hydrogen-bond donors (Lipinski definition) is 5. The number of rotatable bonds is 8. The molecule has 5 N–H and O–H groups in total. The average Bonchev–Trinajstić information content (AvgIpc) is 2.77. The monoisotopic (exact) mass is 404 g/mol. The molecular formula is C23H24N4O3. The molecule has 3 aromatic carbocycles. The second kappa shape index (κ2) is 10.2. The molecule has 0 aliphatic rings. The van der Waals surface area contributed by atoms with E-state index in [-0.39, 0.29) is 30.7 Å². The van der Waals surface area contributed by atoms with Gasteiger partial charge in [-0.15, -0.1) is 0 Å². The van der Waals surface area contributed by atoms with Crippen molar-refractivity contribution in [2.45, 2.75) is 20.0 Å². The molecule has 0 aliphatic heterocycles. The minimum atomic E-state index is -0.256. The van der Waals surface area contributed by atoms with Gasteiger partial charge in [0.1, 0.15) is 5.75 Å². The molecule has 30 heavy (non-hydrogen) atoms. The van der Waals surface area contributed by atoms with Crippen LogP contribution in [-0.2, 0) is 13.1 Å². The summed E-state index contributed by atoms with van der Waals surface area (Å²) in [5.74, 6) is -0.412. The summed E-state index contributed by atoms with van der Waals surface area (Å²) < 4.78 is 0. The standard InChI is InChI=1S/C23H24N4O3/c1-16-12-19(14-24-26-22(29)17-8-4-2-5-9-17)21(28)20(13-16)15-25-27-23(30)18-10-6-3-7-11-18/h2-13,24-25,28H,14-15H2,1H3,(H,26,29)(H,27,30). The first kappa shape index (κ1) is 21.0. The van der Waals surface area contributed by atoms with E-state index >= 15 is 0 Å². The van der Waals surface area contributed by atoms with Gasteiger partial charge in [0.15, 0.2) is 0 Å². The minimum absolute atomic E-state index is 0.100. The molecule has 0 atom stereocenters. The first-order valence-electron chi connectivity index (χ1n) is 9.52. The molecule has 154 valence electrons. The third-order valence-electron chi connectivity index (χ3n) is 4.45. The Morgan fingerprint density at radius 2 is 1.13 bits per heavy atom. The molecule has 0 heterocycles. The zero-order valence-electron chi connectivity index (χ0n) is 16.6. The Kier molecular flexibility index (Phi) is 7.15. The Morgan fingerprint density at radius 1 is 0.733 bits per heavy atom. The van der Waals surface area contributed by atoms with E-state index in [2.05, 4.69) is 21.7 Å². The summed E-state index contributed by atoms with van der Waals surface area (Å²) in [7, 11) is 0. The molecule has 0 saturated heterocycles. The number of benzene rings is 3. The SMILES string of the molecule is Cc1cc(CNNC(=O)c2ccccc2)c(O)c(CNNC(=O)c2ccccc2)c1. The molecule has 2 amide bonds. The van der Waals surface area contributed by atoms with Gasteiger partial charge in [-0.25, -0.2) is 10.9 Å². The topological polar surface area (TPSA) is 102 Å². The van der Waals surface area contributed by atoms with Crippen LogP contribution >= 0.6 is 0 Å². The smallest absolute Gasteiger partial charge is 0.265 e. The van der Waals surface area contributed by atoms with Gasteiger partial charge in [-0.3, -0.25) is 20.4 Å². The van der Waals surface area contributed by atoms with Crippen LogP contribution in [0.3, 0.4) is 0 Å². The van der Waals surface area contributed by atoms with Crippen molar-refractivity contribution in [3.63, 3.8) is 0 Å². The Labute approximate surface area is 175 Å². The van der Waals surface area contributed by atoms with Crippen molar-refractivity contribution >= 4 is 11.8 Å². The van der Waals surface area contributed by atoms with Gasteiger partial charge in [-0.05, 0) is 31.2 Å². The summed E-state index contributed by atoms with van der Waals surface area (Å²) in [5.41, 5.74) is 14.2. The Bertz CT molecular complexity index is 929. The number of amides is 2. The number of hydrogen-bond acceptors (Lipinski definition) is 5. The Balaban J connectivity index is 1.55. The van der Waals surface area contributed by atoms with Gasteiger partial charge in [0.25, 0.3) is 11.8 Å². The van der Waals surface area contributed by atoms with Crippen molar-refractivity contribution in [2.75, 3.05) is 0 Å². The fourth-order valence-electron chi connectivity index (χ4n) is 2.97. The Morgan fingerprint density at radius 3 is 1.53 bits per heavy atom. The van der Waals surface area contributed by atoms with Crippen molar-refractivity contribution < 1.29 is 14.7 Å². The molecule has 7 heteroatoms. The van der Waals surface area contributed by atoms with E-state index in [9.17, 15) is 14.7 Å². The van der Waals surface area contributed by atoms with Crippen molar-refractivity contribution in [2.24, 2.45) is 0 Å². The highest BCUT2D eigenvalue weighted by atomic mass is 16.3. The van der Waals surface area contributed by atoms with Crippen LogP contribution in [0.25, 0.3) is 0 Å². The number of carbonyl (C=O) groups is 2. The first-order chi connectivity index (χ1) is 14.5. The van der Waals surface area contributed by atoms with Crippen LogP contribution in [-0.4, -0.2) is 16.9 Å². The molecule has 7 nitrogen and oxygen atoms in total. The molecule has 0 bridgehead atoms. The van der Waals surface area contributed by atoms with Gasteiger partial charge in [0, 0.05) is 35.3 Å². The molecule has 0 spiro atoms. The van der Waals surface area contributed by atoms with Crippen LogP contribution in [0.2, 0.25) is 0 Å². The number of nitrogens with one attached hydrogen (secondary N) is 4. The summed E-state index contributed by atoms with van der Waals surface area (Å²) >= 11 is 0. The van der Waals surface area contributed by atoms with E-state index in [1.165, 1.54) is 0 Å². The van der Waals surface area contributed by atoms with Gasteiger partial charge in [-0.1, -0.05) is 54.1 Å². The lowest BCUT2D eigenvalue weighted by Crippen LogP contribution is -2.37. The fraction of sp³-hybridized carbons (Fsp3) is 0.130. The first-order valence-corrected chi connectivity index (χ1v) is 9.52. The van der Waals surface area contributed by atoms with Crippen molar-refractivity contribution in [3.8, 4) is 5.75 Å². The summed E-state index contributed by atoms with van der Waals surface area (Å²) in [4.78, 5) is 24.2. The van der Waals surface area contributed by atoms with Crippen LogP contribution in [0.15, 0.2) is 72.8 Å². The highest BCUT2D eigenvalue weighted by Gasteiger charge is 2.11. The minimum Gasteiger partial charge on any atom is -0.507 e. The third-order valence-corrected chi connectivity index (χ3v) is 4.45. The van der Waals surface area contributed by atoms with Crippen LogP contribution < -0.4 is 21.7 Å². The quantitative estimate of drug-likeness (QED) is 0.372. The largest absolute Gasteiger partial charge is 0.507 e. The molecule has 0 aliphatic carbocycles. The van der Waals surface area contributed by atoms with Gasteiger partial charge in [-0.2, -0.15) is 0 Å². The number of aryl methyl sites for hydroxylation is 1. The molecule has 0 fully saturated rings. The van der Waals surface area contributed by atoms with Gasteiger partial charge < -0.3 is 5.11 Å². The molecule has 0 radical (unpaired) electrons. The van der Waals surface area contributed by atoms with Crippen molar-refractivity contribution in [1.82, 2.24) is 21.7 Å². The van der Waals surface area contributed by atoms with Crippen molar-refractivity contribution in [1.29, 1.82) is 0 Å². The zero-order valence-corrected chi connectivity index (χ0v) is 16.6. The maximum Gasteiger partial charge on any atom is 0.265 e. The maximum absolute atomic E-state index is 12.1. The van der Waals surface area contributed by atoms with E-state index in [1.807, 2.05) is 31.2 Å². The second-order valence-corrected chi connectivity index (χ2v) is 6.78. The summed E-state index contributed by atoms with van der Waals surface area (Å²) in [6.07, 6.45) is 0. The van der Waals surface area contributed by atoms with Crippen molar-refractivity contribution in [3.05, 3.63) is 101 Å². The third kappa shape index (κ3) is 5.66. The summed E-state index contributed by atoms with van der Waals surface area (Å²) in [6, 6.07) is 21.4. The lowest BCUT2D eigenvalue weighted by molar-refractivity contribution is 0.0924. The molecule has 3 rings (SSSR count). The highest BCUT2D eigenvalue weighted by Crippen LogP contribution is 2.24. The molecule has 3 aromatic rings. The summed E-state index contributed by atoms with van der Waals surface area (Å²) in [5, 5.41) is 10.6. The van der Waals surface area contributed by atoms with E-state index in [4.69, 9.17) is 0 Å². The number of phenolic OH excluding ortho intramolecular Hbond substituents is 1. The molecule has 0 aromatic heterocycles. The fourth-order valence-corrected chi connectivity index (χ4v) is 2.97. The van der Waals surface area contributed by atoms with E-state index < -0.39 is 0 Å². The number of phenols is 1. The molecular weight excluding hydrogens is 380 g/mol. The number of aromatic hydroxyl groups is 1. The normalized spacial score (nSPS) is 10.4. The highest BCUT2D eigenvalue weighted by molar-refractivity contribution is 5.94. The summed E-state index contributed by atoms with van der Waals surface area (Å²) in [6.45, 7) is 2.41. The van der Waals surface area contributed by atoms with Crippen LogP contribution in [0.1, 0.15) is 37.4 Å². The number of carbonyl (C=O) groups excluding carboxylic acids is 2. The van der Waals surface area contributed by atoms with Crippen LogP contribution in [0.5, 0.6) is 5.75 Å². The van der Waals surface area contributed by atoms with Gasteiger partial charge in [0.05, 0.1) is 0 Å². The second-order valence-electron chi connectivity index (χ2n) is 6.78. The molecule has 0 unspecified atom stereocenters. The van der Waals surface area contributed by atoms with E-state index in [0.717, 1.165) is 5.56 Å². The van der Waals surface area contributed by atoms with E-state index in [0.29, 0.717) is 22.3 Å². The maximum atomic E-state index is 12.1. The lowest BCUT2D eigenvalue weighted by atomic mass is 10.0. The average molecular weight is 404 g/mol. The van der Waals surface area contributed by atoms with E-state index in [1.54, 1.807) is 48.5 Å². The predicted octanol–water partition coefficient (Wildman–Crippen LogP) is 2.57. The number of hydrazine groups is 2.